The highest BCUT2D eigenvalue weighted by atomic mass is 79.9. The van der Waals surface area contributed by atoms with Gasteiger partial charge in [-0.2, -0.15) is 0 Å². The summed E-state index contributed by atoms with van der Waals surface area (Å²) in [6, 6.07) is 4.01. The third-order valence-electron chi connectivity index (χ3n) is 3.27. The molecule has 106 valence electrons. The second-order valence-corrected chi connectivity index (χ2v) is 5.38. The molecule has 1 aliphatic heterocycles. The molecule has 0 radical (unpaired) electrons. The van der Waals surface area contributed by atoms with Crippen molar-refractivity contribution in [3.8, 4) is 5.75 Å². The van der Waals surface area contributed by atoms with Gasteiger partial charge in [-0.25, -0.2) is 0 Å². The summed E-state index contributed by atoms with van der Waals surface area (Å²) < 4.78 is 17.3. The van der Waals surface area contributed by atoms with E-state index in [-0.39, 0.29) is 6.04 Å². The number of ether oxygens (including phenoxy) is 3. The van der Waals surface area contributed by atoms with Crippen molar-refractivity contribution in [3.63, 3.8) is 0 Å². The van der Waals surface area contributed by atoms with Gasteiger partial charge in [0.15, 0.2) is 6.29 Å². The van der Waals surface area contributed by atoms with Crippen LogP contribution in [0.2, 0.25) is 0 Å². The largest absolute Gasteiger partial charge is 0.493 e. The molecule has 3 N–H and O–H groups in total. The summed E-state index contributed by atoms with van der Waals surface area (Å²) in [5.41, 5.74) is 5.07. The Morgan fingerprint density at radius 2 is 2.16 bits per heavy atom. The molecular weight excluding hydrogens is 312 g/mol. The van der Waals surface area contributed by atoms with Crippen LogP contribution in [0.1, 0.15) is 11.1 Å². The predicted molar refractivity (Wildman–Crippen MR) is 76.0 cm³/mol. The van der Waals surface area contributed by atoms with E-state index in [4.69, 9.17) is 20.1 Å². The van der Waals surface area contributed by atoms with Crippen LogP contribution in [0, 0.1) is 0 Å². The third-order valence-corrected chi connectivity index (χ3v) is 3.73. The molecule has 1 unspecified atom stereocenters. The van der Waals surface area contributed by atoms with Crippen molar-refractivity contribution in [2.75, 3.05) is 20.8 Å². The number of hydrazine groups is 1. The van der Waals surface area contributed by atoms with E-state index in [0.29, 0.717) is 6.42 Å². The Balaban J connectivity index is 2.22. The van der Waals surface area contributed by atoms with E-state index in [1.165, 1.54) is 5.56 Å². The molecule has 1 heterocycles. The SMILES string of the molecule is COC(OC)C(Cc1cc(Br)cc2c1OCC2)NN. The number of hydrogen-bond donors (Lipinski definition) is 2. The summed E-state index contributed by atoms with van der Waals surface area (Å²) in [5.74, 6) is 6.56. The van der Waals surface area contributed by atoms with Crippen molar-refractivity contribution in [3.05, 3.63) is 27.7 Å². The quantitative estimate of drug-likeness (QED) is 0.468. The van der Waals surface area contributed by atoms with E-state index >= 15 is 0 Å². The highest BCUT2D eigenvalue weighted by molar-refractivity contribution is 9.10. The zero-order chi connectivity index (χ0) is 13.8. The Morgan fingerprint density at radius 3 is 2.79 bits per heavy atom. The van der Waals surface area contributed by atoms with Gasteiger partial charge in [-0.3, -0.25) is 11.3 Å². The molecule has 0 aromatic heterocycles. The summed E-state index contributed by atoms with van der Waals surface area (Å²) in [5, 5.41) is 0. The zero-order valence-electron chi connectivity index (χ0n) is 11.1. The molecule has 5 nitrogen and oxygen atoms in total. The third kappa shape index (κ3) is 3.27. The van der Waals surface area contributed by atoms with Crippen molar-refractivity contribution < 1.29 is 14.2 Å². The van der Waals surface area contributed by atoms with Gasteiger partial charge in [0.1, 0.15) is 5.75 Å². The molecule has 0 saturated heterocycles. The fourth-order valence-corrected chi connectivity index (χ4v) is 2.95. The monoisotopic (exact) mass is 330 g/mol. The Labute approximate surface area is 121 Å². The number of hydrogen-bond acceptors (Lipinski definition) is 5. The van der Waals surface area contributed by atoms with Crippen molar-refractivity contribution in [1.29, 1.82) is 0 Å². The van der Waals surface area contributed by atoms with Crippen molar-refractivity contribution >= 4 is 15.9 Å². The van der Waals surface area contributed by atoms with E-state index in [1.54, 1.807) is 14.2 Å². The Hall–Kier alpha value is -0.660. The summed E-state index contributed by atoms with van der Waals surface area (Å²) in [6.07, 6.45) is 1.21. The molecule has 6 heteroatoms. The van der Waals surface area contributed by atoms with E-state index in [0.717, 1.165) is 28.8 Å². The van der Waals surface area contributed by atoms with Crippen LogP contribution in [0.3, 0.4) is 0 Å². The lowest BCUT2D eigenvalue weighted by Gasteiger charge is -2.24. The highest BCUT2D eigenvalue weighted by Gasteiger charge is 2.24. The molecule has 1 atom stereocenters. The first-order chi connectivity index (χ1) is 9.19. The minimum atomic E-state index is -0.402. The molecule has 0 saturated carbocycles. The number of halogens is 1. The minimum absolute atomic E-state index is 0.141. The van der Waals surface area contributed by atoms with E-state index < -0.39 is 6.29 Å². The normalized spacial score (nSPS) is 15.4. The first kappa shape index (κ1) is 14.7. The second-order valence-electron chi connectivity index (χ2n) is 4.47. The van der Waals surface area contributed by atoms with Crippen molar-refractivity contribution in [2.24, 2.45) is 5.84 Å². The van der Waals surface area contributed by atoms with Crippen LogP contribution in [0.25, 0.3) is 0 Å². The molecule has 0 bridgehead atoms. The van der Waals surface area contributed by atoms with Crippen LogP contribution < -0.4 is 16.0 Å². The van der Waals surface area contributed by atoms with Gasteiger partial charge in [-0.15, -0.1) is 0 Å². The molecule has 2 rings (SSSR count). The van der Waals surface area contributed by atoms with Gasteiger partial charge in [0.25, 0.3) is 0 Å². The first-order valence-electron chi connectivity index (χ1n) is 6.15. The molecule has 19 heavy (non-hydrogen) atoms. The van der Waals surface area contributed by atoms with E-state index in [2.05, 4.69) is 33.5 Å². The maximum Gasteiger partial charge on any atom is 0.173 e. The molecule has 0 spiro atoms. The second kappa shape index (κ2) is 6.67. The molecular formula is C13H19BrN2O3. The number of methoxy groups -OCH3 is 2. The van der Waals surface area contributed by atoms with Gasteiger partial charge in [0, 0.05) is 25.1 Å². The predicted octanol–water partition coefficient (Wildman–Crippen LogP) is 1.38. The maximum absolute atomic E-state index is 5.71. The van der Waals surface area contributed by atoms with E-state index in [1.807, 2.05) is 0 Å². The molecule has 1 aromatic rings. The topological polar surface area (TPSA) is 65.7 Å². The number of nitrogens with two attached hydrogens (primary N) is 1. The fourth-order valence-electron chi connectivity index (χ4n) is 2.39. The van der Waals surface area contributed by atoms with Crippen LogP contribution in [0.15, 0.2) is 16.6 Å². The summed E-state index contributed by atoms with van der Waals surface area (Å²) in [7, 11) is 3.20. The van der Waals surface area contributed by atoms with Crippen LogP contribution in [-0.4, -0.2) is 33.2 Å². The summed E-state index contributed by atoms with van der Waals surface area (Å²) in [6.45, 7) is 0.734. The molecule has 0 aliphatic carbocycles. The molecule has 0 amide bonds. The average Bonchev–Trinajstić information content (AvgIpc) is 2.86. The van der Waals surface area contributed by atoms with Gasteiger partial charge in [0.2, 0.25) is 0 Å². The maximum atomic E-state index is 5.71. The summed E-state index contributed by atoms with van der Waals surface area (Å²) >= 11 is 3.53. The van der Waals surface area contributed by atoms with Crippen LogP contribution in [0.5, 0.6) is 5.75 Å². The van der Waals surface area contributed by atoms with Gasteiger partial charge in [-0.1, -0.05) is 15.9 Å². The fraction of sp³-hybridized carbons (Fsp3) is 0.538. The lowest BCUT2D eigenvalue weighted by Crippen LogP contribution is -2.47. The number of fused-ring (bicyclic) bond motifs is 1. The first-order valence-corrected chi connectivity index (χ1v) is 6.94. The number of nitrogens with one attached hydrogen (secondary N) is 1. The van der Waals surface area contributed by atoms with Gasteiger partial charge < -0.3 is 14.2 Å². The Kier molecular flexibility index (Phi) is 5.18. The molecule has 0 fully saturated rings. The van der Waals surface area contributed by atoms with Gasteiger partial charge in [-0.05, 0) is 29.7 Å². The Bertz CT molecular complexity index is 438. The van der Waals surface area contributed by atoms with Crippen LogP contribution in [-0.2, 0) is 22.3 Å². The number of benzene rings is 1. The van der Waals surface area contributed by atoms with Gasteiger partial charge in [0.05, 0.1) is 12.6 Å². The van der Waals surface area contributed by atoms with E-state index in [9.17, 15) is 0 Å². The molecule has 1 aromatic carbocycles. The molecule has 1 aliphatic rings. The zero-order valence-corrected chi connectivity index (χ0v) is 12.7. The van der Waals surface area contributed by atoms with Crippen molar-refractivity contribution in [2.45, 2.75) is 25.2 Å². The lowest BCUT2D eigenvalue weighted by atomic mass is 10.0. The number of rotatable bonds is 6. The summed E-state index contributed by atoms with van der Waals surface area (Å²) in [4.78, 5) is 0. The average molecular weight is 331 g/mol. The highest BCUT2D eigenvalue weighted by Crippen LogP contribution is 2.34. The minimum Gasteiger partial charge on any atom is -0.493 e. The standard InChI is InChI=1S/C13H19BrN2O3/c1-17-13(18-2)11(16-15)7-9-6-10(14)5-8-3-4-19-12(8)9/h5-6,11,13,16H,3-4,7,15H2,1-2H3. The van der Waals surface area contributed by atoms with Crippen LogP contribution in [0.4, 0.5) is 0 Å². The Morgan fingerprint density at radius 1 is 1.42 bits per heavy atom. The van der Waals surface area contributed by atoms with Crippen molar-refractivity contribution in [1.82, 2.24) is 5.43 Å². The van der Waals surface area contributed by atoms with Crippen LogP contribution >= 0.6 is 15.9 Å². The van der Waals surface area contributed by atoms with Gasteiger partial charge >= 0.3 is 0 Å². The lowest BCUT2D eigenvalue weighted by molar-refractivity contribution is -0.122. The smallest absolute Gasteiger partial charge is 0.173 e.